The first kappa shape index (κ1) is 15.0. The van der Waals surface area contributed by atoms with E-state index >= 15 is 0 Å². The molecule has 0 saturated carbocycles. The molecule has 0 amide bonds. The Balaban J connectivity index is 2.15. The number of hydrogen-bond donors (Lipinski definition) is 0. The van der Waals surface area contributed by atoms with Crippen molar-refractivity contribution in [1.29, 1.82) is 0 Å². The number of halogens is 1. The Kier molecular flexibility index (Phi) is 4.81. The zero-order chi connectivity index (χ0) is 14.6. The van der Waals surface area contributed by atoms with Gasteiger partial charge in [0.2, 0.25) is 5.28 Å². The maximum atomic E-state index is 6.24. The SMILES string of the molecule is CCCc1nnc(Cl)n1C(C)(C)CCc1ccccc1. The van der Waals surface area contributed by atoms with Crippen molar-refractivity contribution < 1.29 is 0 Å². The normalized spacial score (nSPS) is 11.8. The first-order valence-electron chi connectivity index (χ1n) is 7.19. The summed E-state index contributed by atoms with van der Waals surface area (Å²) in [5.74, 6) is 0.982. The van der Waals surface area contributed by atoms with Crippen LogP contribution in [0.15, 0.2) is 30.3 Å². The largest absolute Gasteiger partial charge is 0.296 e. The van der Waals surface area contributed by atoms with E-state index in [-0.39, 0.29) is 5.54 Å². The van der Waals surface area contributed by atoms with E-state index in [0.717, 1.165) is 31.5 Å². The molecule has 0 unspecified atom stereocenters. The Morgan fingerprint density at radius 3 is 2.45 bits per heavy atom. The van der Waals surface area contributed by atoms with Crippen LogP contribution in [0, 0.1) is 0 Å². The molecule has 1 heterocycles. The van der Waals surface area contributed by atoms with Crippen LogP contribution in [0.1, 0.15) is 45.0 Å². The van der Waals surface area contributed by atoms with Crippen LogP contribution >= 0.6 is 11.6 Å². The van der Waals surface area contributed by atoms with Crippen molar-refractivity contribution >= 4 is 11.6 Å². The minimum absolute atomic E-state index is 0.0824. The number of aromatic nitrogens is 3. The van der Waals surface area contributed by atoms with Gasteiger partial charge in [-0.05, 0) is 50.3 Å². The van der Waals surface area contributed by atoms with E-state index in [1.54, 1.807) is 0 Å². The van der Waals surface area contributed by atoms with E-state index in [1.165, 1.54) is 5.56 Å². The summed E-state index contributed by atoms with van der Waals surface area (Å²) < 4.78 is 2.08. The third-order valence-electron chi connectivity index (χ3n) is 3.64. The fourth-order valence-electron chi connectivity index (χ4n) is 2.49. The van der Waals surface area contributed by atoms with Gasteiger partial charge < -0.3 is 0 Å². The minimum Gasteiger partial charge on any atom is -0.296 e. The predicted molar refractivity (Wildman–Crippen MR) is 83.1 cm³/mol. The molecule has 1 aromatic carbocycles. The van der Waals surface area contributed by atoms with Crippen LogP contribution in [0.25, 0.3) is 0 Å². The summed E-state index contributed by atoms with van der Waals surface area (Å²) in [6.45, 7) is 6.54. The second kappa shape index (κ2) is 6.40. The van der Waals surface area contributed by atoms with Crippen LogP contribution in [0.4, 0.5) is 0 Å². The van der Waals surface area contributed by atoms with Gasteiger partial charge in [0.25, 0.3) is 0 Å². The number of rotatable bonds is 6. The van der Waals surface area contributed by atoms with Crippen molar-refractivity contribution in [3.8, 4) is 0 Å². The second-order valence-electron chi connectivity index (χ2n) is 5.77. The van der Waals surface area contributed by atoms with Crippen molar-refractivity contribution in [2.75, 3.05) is 0 Å². The van der Waals surface area contributed by atoms with Crippen molar-refractivity contribution in [3.63, 3.8) is 0 Å². The highest BCUT2D eigenvalue weighted by atomic mass is 35.5. The average Bonchev–Trinajstić information content (AvgIpc) is 2.80. The molecule has 0 spiro atoms. The van der Waals surface area contributed by atoms with E-state index in [9.17, 15) is 0 Å². The van der Waals surface area contributed by atoms with Crippen LogP contribution in [-0.2, 0) is 18.4 Å². The number of nitrogens with zero attached hydrogens (tertiary/aromatic N) is 3. The summed E-state index contributed by atoms with van der Waals surface area (Å²) in [4.78, 5) is 0. The first-order valence-corrected chi connectivity index (χ1v) is 7.56. The summed E-state index contributed by atoms with van der Waals surface area (Å²) in [5, 5.41) is 8.73. The van der Waals surface area contributed by atoms with Gasteiger partial charge in [-0.1, -0.05) is 37.3 Å². The fourth-order valence-corrected chi connectivity index (χ4v) is 2.85. The summed E-state index contributed by atoms with van der Waals surface area (Å²) in [5.41, 5.74) is 1.27. The molecule has 2 aromatic rings. The van der Waals surface area contributed by atoms with Gasteiger partial charge in [0, 0.05) is 12.0 Å². The average molecular weight is 292 g/mol. The zero-order valence-electron chi connectivity index (χ0n) is 12.4. The molecule has 0 saturated heterocycles. The molecule has 20 heavy (non-hydrogen) atoms. The minimum atomic E-state index is -0.0824. The fraction of sp³-hybridized carbons (Fsp3) is 0.500. The van der Waals surface area contributed by atoms with Crippen LogP contribution in [0.5, 0.6) is 0 Å². The maximum Gasteiger partial charge on any atom is 0.225 e. The highest BCUT2D eigenvalue weighted by molar-refractivity contribution is 6.28. The second-order valence-corrected chi connectivity index (χ2v) is 6.11. The monoisotopic (exact) mass is 291 g/mol. The van der Waals surface area contributed by atoms with Crippen molar-refractivity contribution in [2.45, 2.75) is 52.0 Å². The summed E-state index contributed by atoms with van der Waals surface area (Å²) >= 11 is 6.24. The van der Waals surface area contributed by atoms with E-state index in [4.69, 9.17) is 11.6 Å². The number of aryl methyl sites for hydroxylation is 2. The molecule has 0 fully saturated rings. The molecule has 4 heteroatoms. The van der Waals surface area contributed by atoms with Crippen molar-refractivity contribution in [1.82, 2.24) is 14.8 Å². The Labute approximate surface area is 126 Å². The molecule has 0 aliphatic rings. The third-order valence-corrected chi connectivity index (χ3v) is 3.88. The molecule has 0 aliphatic heterocycles. The Morgan fingerprint density at radius 2 is 1.80 bits per heavy atom. The molecular weight excluding hydrogens is 270 g/mol. The van der Waals surface area contributed by atoms with Gasteiger partial charge in [0.1, 0.15) is 5.82 Å². The predicted octanol–water partition coefficient (Wildman–Crippen LogP) is 4.25. The molecule has 0 bridgehead atoms. The van der Waals surface area contributed by atoms with Crippen molar-refractivity contribution in [2.24, 2.45) is 0 Å². The van der Waals surface area contributed by atoms with Crippen LogP contribution in [0.3, 0.4) is 0 Å². The van der Waals surface area contributed by atoms with Gasteiger partial charge in [-0.2, -0.15) is 0 Å². The molecule has 0 radical (unpaired) electrons. The lowest BCUT2D eigenvalue weighted by atomic mass is 9.94. The molecular formula is C16H22ClN3. The Morgan fingerprint density at radius 1 is 1.10 bits per heavy atom. The van der Waals surface area contributed by atoms with E-state index in [1.807, 2.05) is 6.07 Å². The lowest BCUT2D eigenvalue weighted by Crippen LogP contribution is -2.29. The molecule has 0 aliphatic carbocycles. The van der Waals surface area contributed by atoms with Crippen LogP contribution in [0.2, 0.25) is 5.28 Å². The Hall–Kier alpha value is -1.35. The molecule has 1 aromatic heterocycles. The highest BCUT2D eigenvalue weighted by Gasteiger charge is 2.26. The maximum absolute atomic E-state index is 6.24. The summed E-state index contributed by atoms with van der Waals surface area (Å²) in [6, 6.07) is 10.5. The number of benzene rings is 1. The smallest absolute Gasteiger partial charge is 0.225 e. The zero-order valence-corrected chi connectivity index (χ0v) is 13.2. The molecule has 2 rings (SSSR count). The first-order chi connectivity index (χ1) is 9.54. The van der Waals surface area contributed by atoms with E-state index in [0.29, 0.717) is 5.28 Å². The summed E-state index contributed by atoms with van der Waals surface area (Å²) in [6.07, 6.45) is 3.98. The third kappa shape index (κ3) is 3.40. The van der Waals surface area contributed by atoms with Crippen LogP contribution < -0.4 is 0 Å². The van der Waals surface area contributed by atoms with Gasteiger partial charge in [0.05, 0.1) is 0 Å². The lowest BCUT2D eigenvalue weighted by molar-refractivity contribution is 0.317. The molecule has 3 nitrogen and oxygen atoms in total. The van der Waals surface area contributed by atoms with E-state index in [2.05, 4.69) is 59.8 Å². The summed E-state index contributed by atoms with van der Waals surface area (Å²) in [7, 11) is 0. The highest BCUT2D eigenvalue weighted by Crippen LogP contribution is 2.27. The molecule has 0 N–H and O–H groups in total. The van der Waals surface area contributed by atoms with Gasteiger partial charge in [-0.3, -0.25) is 4.57 Å². The molecule has 0 atom stereocenters. The lowest BCUT2D eigenvalue weighted by Gasteiger charge is -2.28. The Bertz CT molecular complexity index is 546. The van der Waals surface area contributed by atoms with E-state index < -0.39 is 0 Å². The van der Waals surface area contributed by atoms with Crippen LogP contribution in [-0.4, -0.2) is 14.8 Å². The van der Waals surface area contributed by atoms with Gasteiger partial charge >= 0.3 is 0 Å². The number of hydrogen-bond acceptors (Lipinski definition) is 2. The standard InChI is InChI=1S/C16H22ClN3/c1-4-8-14-18-19-15(17)20(14)16(2,3)12-11-13-9-6-5-7-10-13/h5-7,9-10H,4,8,11-12H2,1-3H3. The molecule has 108 valence electrons. The van der Waals surface area contributed by atoms with Gasteiger partial charge in [-0.25, -0.2) is 0 Å². The van der Waals surface area contributed by atoms with Crippen molar-refractivity contribution in [3.05, 3.63) is 47.0 Å². The topological polar surface area (TPSA) is 30.7 Å². The quantitative estimate of drug-likeness (QED) is 0.796. The van der Waals surface area contributed by atoms with Gasteiger partial charge in [0.15, 0.2) is 0 Å². The van der Waals surface area contributed by atoms with Gasteiger partial charge in [-0.15, -0.1) is 10.2 Å².